The van der Waals surface area contributed by atoms with Gasteiger partial charge in [-0.05, 0) is 49.3 Å². The van der Waals surface area contributed by atoms with E-state index in [1.165, 1.54) is 25.0 Å². The number of benzene rings is 1. The molecule has 1 saturated heterocycles. The zero-order chi connectivity index (χ0) is 14.0. The lowest BCUT2D eigenvalue weighted by atomic mass is 9.79. The molecule has 1 aliphatic rings. The van der Waals surface area contributed by atoms with Crippen LogP contribution in [0.15, 0.2) is 18.2 Å². The Morgan fingerprint density at radius 1 is 1.32 bits per heavy atom. The summed E-state index contributed by atoms with van der Waals surface area (Å²) in [5, 5.41) is 18.3. The molecule has 0 aromatic heterocycles. The summed E-state index contributed by atoms with van der Waals surface area (Å²) in [5.41, 5.74) is 1.02. The van der Waals surface area contributed by atoms with E-state index in [4.69, 9.17) is 10.0 Å². The molecule has 0 aliphatic carbocycles. The molecular weight excluding hydrogens is 244 g/mol. The quantitative estimate of drug-likeness (QED) is 0.806. The molecule has 0 bridgehead atoms. The maximum Gasteiger partial charge on any atom is 0.488 e. The van der Waals surface area contributed by atoms with Gasteiger partial charge in [-0.2, -0.15) is 0 Å². The molecule has 0 spiro atoms. The fraction of sp³-hybridized carbons (Fsp3) is 0.571. The predicted octanol–water partition coefficient (Wildman–Crippen LogP) is 1.27. The minimum Gasteiger partial charge on any atom is -0.423 e. The molecule has 1 aliphatic heterocycles. The van der Waals surface area contributed by atoms with Gasteiger partial charge in [0.15, 0.2) is 0 Å². The lowest BCUT2D eigenvalue weighted by Gasteiger charge is -2.28. The second kappa shape index (κ2) is 6.03. The molecule has 1 aromatic rings. The van der Waals surface area contributed by atoms with Crippen molar-refractivity contribution in [1.29, 1.82) is 0 Å². The zero-order valence-electron chi connectivity index (χ0n) is 11.5. The fourth-order valence-corrected chi connectivity index (χ4v) is 2.98. The lowest BCUT2D eigenvalue weighted by Crippen LogP contribution is -2.35. The first kappa shape index (κ1) is 14.5. The van der Waals surface area contributed by atoms with Crippen LogP contribution < -0.4 is 5.46 Å². The molecule has 3 nitrogen and oxygen atoms in total. The molecule has 0 saturated carbocycles. The first-order valence-electron chi connectivity index (χ1n) is 6.92. The highest BCUT2D eigenvalue weighted by atomic mass is 19.1. The van der Waals surface area contributed by atoms with E-state index >= 15 is 0 Å². The van der Waals surface area contributed by atoms with E-state index in [0.717, 1.165) is 12.0 Å². The van der Waals surface area contributed by atoms with Gasteiger partial charge in [-0.25, -0.2) is 4.39 Å². The highest BCUT2D eigenvalue weighted by Gasteiger charge is 2.29. The Morgan fingerprint density at radius 3 is 2.68 bits per heavy atom. The highest BCUT2D eigenvalue weighted by molar-refractivity contribution is 6.58. The van der Waals surface area contributed by atoms with Crippen molar-refractivity contribution in [3.05, 3.63) is 29.6 Å². The van der Waals surface area contributed by atoms with E-state index in [0.29, 0.717) is 18.6 Å². The fourth-order valence-electron chi connectivity index (χ4n) is 2.98. The minimum atomic E-state index is -1.62. The van der Waals surface area contributed by atoms with Gasteiger partial charge in [0.05, 0.1) is 0 Å². The van der Waals surface area contributed by atoms with Gasteiger partial charge in [0, 0.05) is 18.6 Å². The normalized spacial score (nSPS) is 23.8. The Balaban J connectivity index is 2.18. The van der Waals surface area contributed by atoms with Gasteiger partial charge in [0.1, 0.15) is 5.82 Å². The zero-order valence-corrected chi connectivity index (χ0v) is 11.5. The van der Waals surface area contributed by atoms with Crippen LogP contribution in [0.3, 0.4) is 0 Å². The third-order valence-corrected chi connectivity index (χ3v) is 4.07. The van der Waals surface area contributed by atoms with Gasteiger partial charge in [-0.15, -0.1) is 0 Å². The summed E-state index contributed by atoms with van der Waals surface area (Å²) in [6, 6.07) is 5.35. The molecule has 5 heteroatoms. The maximum absolute atomic E-state index is 13.5. The van der Waals surface area contributed by atoms with Gasteiger partial charge in [-0.1, -0.05) is 13.0 Å². The van der Waals surface area contributed by atoms with Crippen LogP contribution in [0.25, 0.3) is 0 Å². The summed E-state index contributed by atoms with van der Waals surface area (Å²) in [6.45, 7) is 5.03. The Morgan fingerprint density at radius 2 is 2.05 bits per heavy atom. The number of nitrogens with zero attached hydrogens (tertiary/aromatic N) is 1. The third-order valence-electron chi connectivity index (χ3n) is 4.07. The summed E-state index contributed by atoms with van der Waals surface area (Å²) in [4.78, 5) is 2.38. The van der Waals surface area contributed by atoms with E-state index in [1.54, 1.807) is 6.07 Å². The molecule has 104 valence electrons. The Kier molecular flexibility index (Phi) is 4.60. The number of hydrogen-bond donors (Lipinski definition) is 2. The van der Waals surface area contributed by atoms with Crippen LogP contribution in [0.4, 0.5) is 4.39 Å². The smallest absolute Gasteiger partial charge is 0.423 e. The van der Waals surface area contributed by atoms with Crippen molar-refractivity contribution < 1.29 is 14.4 Å². The molecule has 0 amide bonds. The molecule has 19 heavy (non-hydrogen) atoms. The Labute approximate surface area is 114 Å². The van der Waals surface area contributed by atoms with Crippen LogP contribution in [0.5, 0.6) is 0 Å². The molecule has 1 aromatic carbocycles. The van der Waals surface area contributed by atoms with E-state index in [9.17, 15) is 4.39 Å². The largest absolute Gasteiger partial charge is 0.488 e. The number of likely N-dealkylation sites (tertiary alicyclic amines) is 1. The van der Waals surface area contributed by atoms with E-state index in [1.807, 2.05) is 0 Å². The summed E-state index contributed by atoms with van der Waals surface area (Å²) in [7, 11) is -1.62. The van der Waals surface area contributed by atoms with Gasteiger partial charge in [0.2, 0.25) is 0 Å². The topological polar surface area (TPSA) is 43.7 Å². The lowest BCUT2D eigenvalue weighted by molar-refractivity contribution is 0.189. The summed E-state index contributed by atoms with van der Waals surface area (Å²) in [5.74, 6) is -0.416. The van der Waals surface area contributed by atoms with Crippen molar-refractivity contribution in [2.45, 2.75) is 51.7 Å². The van der Waals surface area contributed by atoms with E-state index in [2.05, 4.69) is 18.7 Å². The van der Waals surface area contributed by atoms with E-state index < -0.39 is 12.9 Å². The second-order valence-electron chi connectivity index (χ2n) is 5.43. The van der Waals surface area contributed by atoms with Gasteiger partial charge in [0.25, 0.3) is 0 Å². The van der Waals surface area contributed by atoms with Crippen molar-refractivity contribution in [2.75, 3.05) is 0 Å². The molecule has 2 atom stereocenters. The maximum atomic E-state index is 13.5. The predicted molar refractivity (Wildman–Crippen MR) is 74.5 cm³/mol. The molecular formula is C14H21BFNO2. The van der Waals surface area contributed by atoms with Gasteiger partial charge in [-0.3, -0.25) is 4.90 Å². The number of hydrogen-bond acceptors (Lipinski definition) is 3. The first-order valence-corrected chi connectivity index (χ1v) is 6.92. The summed E-state index contributed by atoms with van der Waals surface area (Å²) < 4.78 is 13.5. The molecule has 2 unspecified atom stereocenters. The molecule has 0 radical (unpaired) electrons. The van der Waals surface area contributed by atoms with Crippen molar-refractivity contribution >= 4 is 12.6 Å². The highest BCUT2D eigenvalue weighted by Crippen LogP contribution is 2.27. The molecule has 2 rings (SSSR count). The van der Waals surface area contributed by atoms with Crippen LogP contribution in [0.2, 0.25) is 0 Å². The van der Waals surface area contributed by atoms with Crippen molar-refractivity contribution in [3.8, 4) is 0 Å². The standard InChI is InChI=1S/C14H21BFNO2/c1-3-14-5-4-10(2)17(14)9-11-6-12(15(18)19)8-13(16)7-11/h6-8,10,14,18-19H,3-5,9H2,1-2H3. The molecule has 1 heterocycles. The van der Waals surface area contributed by atoms with Crippen LogP contribution >= 0.6 is 0 Å². The molecule has 2 N–H and O–H groups in total. The first-order chi connectivity index (χ1) is 9.01. The second-order valence-corrected chi connectivity index (χ2v) is 5.43. The third kappa shape index (κ3) is 3.35. The Bertz CT molecular complexity index is 441. The van der Waals surface area contributed by atoms with Crippen molar-refractivity contribution in [2.24, 2.45) is 0 Å². The van der Waals surface area contributed by atoms with Crippen molar-refractivity contribution in [1.82, 2.24) is 4.90 Å². The number of halogens is 1. The number of rotatable bonds is 4. The minimum absolute atomic E-state index is 0.217. The van der Waals surface area contributed by atoms with Crippen molar-refractivity contribution in [3.63, 3.8) is 0 Å². The molecule has 1 fully saturated rings. The van der Waals surface area contributed by atoms with Gasteiger partial charge < -0.3 is 10.0 Å². The van der Waals surface area contributed by atoms with Crippen LogP contribution in [0, 0.1) is 5.82 Å². The van der Waals surface area contributed by atoms with E-state index in [-0.39, 0.29) is 5.46 Å². The monoisotopic (exact) mass is 265 g/mol. The van der Waals surface area contributed by atoms with Crippen LogP contribution in [0.1, 0.15) is 38.7 Å². The van der Waals surface area contributed by atoms with Crippen LogP contribution in [-0.4, -0.2) is 34.2 Å². The summed E-state index contributed by atoms with van der Waals surface area (Å²) in [6.07, 6.45) is 3.45. The summed E-state index contributed by atoms with van der Waals surface area (Å²) >= 11 is 0. The average Bonchev–Trinajstić information content (AvgIpc) is 2.70. The average molecular weight is 265 g/mol. The van der Waals surface area contributed by atoms with Crippen LogP contribution in [-0.2, 0) is 6.54 Å². The SMILES string of the molecule is CCC1CCC(C)N1Cc1cc(F)cc(B(O)O)c1. The Hall–Kier alpha value is -0.905. The van der Waals surface area contributed by atoms with Gasteiger partial charge >= 0.3 is 7.12 Å².